The smallest absolute Gasteiger partial charge is 0.230 e. The van der Waals surface area contributed by atoms with Crippen molar-refractivity contribution >= 4 is 11.8 Å². The van der Waals surface area contributed by atoms with Gasteiger partial charge in [-0.3, -0.25) is 14.5 Å². The van der Waals surface area contributed by atoms with Crippen molar-refractivity contribution in [2.75, 3.05) is 39.3 Å². The number of carbonyl (C=O) groups excluding carboxylic acids is 2. The molecule has 1 N–H and O–H groups in total. The molecule has 0 radical (unpaired) electrons. The lowest BCUT2D eigenvalue weighted by Gasteiger charge is -2.34. The van der Waals surface area contributed by atoms with Crippen molar-refractivity contribution in [3.8, 4) is 0 Å². The topological polar surface area (TPSA) is 52.7 Å². The summed E-state index contributed by atoms with van der Waals surface area (Å²) in [4.78, 5) is 27.8. The summed E-state index contributed by atoms with van der Waals surface area (Å²) in [5.74, 6) is -0.442. The molecule has 1 aromatic rings. The fraction of sp³-hybridized carbons (Fsp3) is 0.556. The molecule has 0 unspecified atom stereocenters. The molecule has 2 amide bonds. The maximum atomic E-state index is 13.9. The van der Waals surface area contributed by atoms with Crippen LogP contribution in [0.4, 0.5) is 4.39 Å². The summed E-state index contributed by atoms with van der Waals surface area (Å²) in [5.41, 5.74) is -0.517. The van der Waals surface area contributed by atoms with Gasteiger partial charge < -0.3 is 10.2 Å². The van der Waals surface area contributed by atoms with E-state index in [0.717, 1.165) is 32.7 Å². The molecule has 0 saturated carbocycles. The van der Waals surface area contributed by atoms with E-state index in [0.29, 0.717) is 12.1 Å². The zero-order valence-electron chi connectivity index (χ0n) is 14.6. The molecule has 0 aromatic heterocycles. The number of hydrogen-bond donors (Lipinski definition) is 1. The van der Waals surface area contributed by atoms with Crippen LogP contribution in [-0.4, -0.2) is 60.9 Å². The van der Waals surface area contributed by atoms with E-state index < -0.39 is 5.41 Å². The van der Waals surface area contributed by atoms with Crippen LogP contribution >= 0.6 is 0 Å². The maximum Gasteiger partial charge on any atom is 0.230 e. The highest BCUT2D eigenvalue weighted by Crippen LogP contribution is 2.25. The van der Waals surface area contributed by atoms with Crippen molar-refractivity contribution in [1.29, 1.82) is 0 Å². The normalized spacial score (nSPS) is 16.1. The Bertz CT molecular complexity index is 596. The minimum absolute atomic E-state index is 0.106. The first-order valence-electron chi connectivity index (χ1n) is 8.33. The van der Waals surface area contributed by atoms with Gasteiger partial charge in [0.05, 0.1) is 5.41 Å². The van der Waals surface area contributed by atoms with Crippen LogP contribution < -0.4 is 5.32 Å². The summed E-state index contributed by atoms with van der Waals surface area (Å²) < 4.78 is 13.9. The van der Waals surface area contributed by atoms with Gasteiger partial charge in [0.15, 0.2) is 0 Å². The van der Waals surface area contributed by atoms with Crippen LogP contribution in [0.2, 0.25) is 0 Å². The average Bonchev–Trinajstić information content (AvgIpc) is 2.55. The summed E-state index contributed by atoms with van der Waals surface area (Å²) in [7, 11) is 0. The molecule has 0 spiro atoms. The van der Waals surface area contributed by atoms with Gasteiger partial charge in [-0.2, -0.15) is 0 Å². The van der Waals surface area contributed by atoms with Crippen molar-refractivity contribution < 1.29 is 14.0 Å². The van der Waals surface area contributed by atoms with Crippen LogP contribution in [-0.2, 0) is 15.0 Å². The molecule has 2 rings (SSSR count). The van der Waals surface area contributed by atoms with E-state index in [4.69, 9.17) is 0 Å². The van der Waals surface area contributed by atoms with Gasteiger partial charge in [-0.25, -0.2) is 4.39 Å². The van der Waals surface area contributed by atoms with Crippen LogP contribution in [0.15, 0.2) is 24.3 Å². The standard InChI is InChI=1S/C18H26FN3O2/c1-14(23)22-12-10-21(11-13-22)9-8-20-17(24)18(2,3)15-6-4-5-7-16(15)19/h4-7H,8-13H2,1-3H3,(H,20,24). The number of benzene rings is 1. The highest BCUT2D eigenvalue weighted by atomic mass is 19.1. The summed E-state index contributed by atoms with van der Waals surface area (Å²) in [6, 6.07) is 6.38. The molecule has 24 heavy (non-hydrogen) atoms. The van der Waals surface area contributed by atoms with Crippen molar-refractivity contribution in [1.82, 2.24) is 15.1 Å². The largest absolute Gasteiger partial charge is 0.354 e. The molecule has 6 heteroatoms. The van der Waals surface area contributed by atoms with Crippen LogP contribution in [0.25, 0.3) is 0 Å². The highest BCUT2D eigenvalue weighted by Gasteiger charge is 2.32. The summed E-state index contributed by atoms with van der Waals surface area (Å²) >= 11 is 0. The molecular formula is C18H26FN3O2. The molecule has 1 aliphatic heterocycles. The van der Waals surface area contributed by atoms with Crippen LogP contribution in [0.3, 0.4) is 0 Å². The first-order chi connectivity index (χ1) is 11.3. The van der Waals surface area contributed by atoms with Crippen LogP contribution in [0.5, 0.6) is 0 Å². The molecule has 0 bridgehead atoms. The van der Waals surface area contributed by atoms with E-state index in [1.807, 2.05) is 4.90 Å². The Morgan fingerprint density at radius 3 is 2.38 bits per heavy atom. The lowest BCUT2D eigenvalue weighted by molar-refractivity contribution is -0.130. The number of nitrogens with one attached hydrogen (secondary N) is 1. The zero-order chi connectivity index (χ0) is 17.7. The third-order valence-corrected chi connectivity index (χ3v) is 4.65. The van der Waals surface area contributed by atoms with E-state index >= 15 is 0 Å². The molecule has 1 aliphatic rings. The van der Waals surface area contributed by atoms with Gasteiger partial charge in [0.25, 0.3) is 0 Å². The molecular weight excluding hydrogens is 309 g/mol. The van der Waals surface area contributed by atoms with Gasteiger partial charge in [-0.15, -0.1) is 0 Å². The zero-order valence-corrected chi connectivity index (χ0v) is 14.6. The predicted octanol–water partition coefficient (Wildman–Crippen LogP) is 1.38. The Kier molecular flexibility index (Phi) is 5.94. The monoisotopic (exact) mass is 335 g/mol. The minimum atomic E-state index is -0.918. The van der Waals surface area contributed by atoms with Gasteiger partial charge in [0.2, 0.25) is 11.8 Å². The van der Waals surface area contributed by atoms with Gasteiger partial charge >= 0.3 is 0 Å². The number of piperazine rings is 1. The number of nitrogens with zero attached hydrogens (tertiary/aromatic N) is 2. The maximum absolute atomic E-state index is 13.9. The van der Waals surface area contributed by atoms with E-state index in [1.54, 1.807) is 39.0 Å². The number of amides is 2. The Balaban J connectivity index is 1.81. The lowest BCUT2D eigenvalue weighted by Crippen LogP contribution is -2.50. The Morgan fingerprint density at radius 1 is 1.17 bits per heavy atom. The minimum Gasteiger partial charge on any atom is -0.354 e. The fourth-order valence-corrected chi connectivity index (χ4v) is 2.93. The first kappa shape index (κ1) is 18.4. The second-order valence-corrected chi connectivity index (χ2v) is 6.71. The number of hydrogen-bond acceptors (Lipinski definition) is 3. The Hall–Kier alpha value is -1.95. The molecule has 1 heterocycles. The number of rotatable bonds is 5. The van der Waals surface area contributed by atoms with E-state index in [-0.39, 0.29) is 17.6 Å². The second kappa shape index (κ2) is 7.75. The predicted molar refractivity (Wildman–Crippen MR) is 91.1 cm³/mol. The number of carbonyl (C=O) groups is 2. The average molecular weight is 335 g/mol. The summed E-state index contributed by atoms with van der Waals surface area (Å²) in [5, 5.41) is 2.90. The Morgan fingerprint density at radius 2 is 1.79 bits per heavy atom. The van der Waals surface area contributed by atoms with Gasteiger partial charge in [0, 0.05) is 51.8 Å². The van der Waals surface area contributed by atoms with Crippen LogP contribution in [0.1, 0.15) is 26.3 Å². The molecule has 1 saturated heterocycles. The van der Waals surface area contributed by atoms with E-state index in [9.17, 15) is 14.0 Å². The van der Waals surface area contributed by atoms with E-state index in [1.165, 1.54) is 6.07 Å². The molecule has 0 aliphatic carbocycles. The molecule has 1 aromatic carbocycles. The fourth-order valence-electron chi connectivity index (χ4n) is 2.93. The van der Waals surface area contributed by atoms with Gasteiger partial charge in [-0.1, -0.05) is 18.2 Å². The van der Waals surface area contributed by atoms with E-state index in [2.05, 4.69) is 10.2 Å². The SMILES string of the molecule is CC(=O)N1CCN(CCNC(=O)C(C)(C)c2ccccc2F)CC1. The quantitative estimate of drug-likeness (QED) is 0.885. The highest BCUT2D eigenvalue weighted by molar-refractivity contribution is 5.87. The molecule has 1 fully saturated rings. The third-order valence-electron chi connectivity index (χ3n) is 4.65. The second-order valence-electron chi connectivity index (χ2n) is 6.71. The molecule has 132 valence electrons. The summed E-state index contributed by atoms with van der Waals surface area (Å²) in [6.45, 7) is 9.35. The number of halogens is 1. The van der Waals surface area contributed by atoms with Crippen molar-refractivity contribution in [2.45, 2.75) is 26.2 Å². The molecule has 0 atom stereocenters. The Labute approximate surface area is 142 Å². The summed E-state index contributed by atoms with van der Waals surface area (Å²) in [6.07, 6.45) is 0. The first-order valence-corrected chi connectivity index (χ1v) is 8.33. The van der Waals surface area contributed by atoms with Crippen molar-refractivity contribution in [3.63, 3.8) is 0 Å². The lowest BCUT2D eigenvalue weighted by atomic mass is 9.83. The van der Waals surface area contributed by atoms with Crippen molar-refractivity contribution in [2.24, 2.45) is 0 Å². The molecule has 5 nitrogen and oxygen atoms in total. The van der Waals surface area contributed by atoms with Crippen LogP contribution in [0, 0.1) is 5.82 Å². The van der Waals surface area contributed by atoms with Crippen molar-refractivity contribution in [3.05, 3.63) is 35.6 Å². The van der Waals surface area contributed by atoms with Gasteiger partial charge in [-0.05, 0) is 19.9 Å². The van der Waals surface area contributed by atoms with Gasteiger partial charge in [0.1, 0.15) is 5.82 Å². The third kappa shape index (κ3) is 4.32.